The molecule has 2 aromatic carbocycles. The number of nitrogens with zero attached hydrogens (tertiary/aromatic N) is 4. The van der Waals surface area contributed by atoms with Gasteiger partial charge in [-0.2, -0.15) is 0 Å². The van der Waals surface area contributed by atoms with Gasteiger partial charge in [0.05, 0.1) is 12.7 Å². The monoisotopic (exact) mass is 408 g/mol. The van der Waals surface area contributed by atoms with Crippen LogP contribution in [-0.2, 0) is 13.0 Å². The molecule has 29 heavy (non-hydrogen) atoms. The fourth-order valence-corrected chi connectivity index (χ4v) is 4.07. The van der Waals surface area contributed by atoms with Crippen molar-refractivity contribution in [2.75, 3.05) is 6.54 Å². The van der Waals surface area contributed by atoms with Gasteiger partial charge >= 0.3 is 0 Å². The molecule has 0 radical (unpaired) electrons. The number of carbonyl (C=O) groups excluding carboxylic acids is 1. The van der Waals surface area contributed by atoms with Crippen molar-refractivity contribution in [2.45, 2.75) is 44.7 Å². The van der Waals surface area contributed by atoms with Crippen LogP contribution in [0.1, 0.15) is 47.3 Å². The van der Waals surface area contributed by atoms with E-state index in [-0.39, 0.29) is 11.9 Å². The molecule has 1 atom stereocenters. The number of amides is 1. The highest BCUT2D eigenvalue weighted by Gasteiger charge is 2.28. The Morgan fingerprint density at radius 1 is 1.03 bits per heavy atom. The number of halogens is 1. The smallest absolute Gasteiger partial charge is 0.276 e. The third-order valence-electron chi connectivity index (χ3n) is 5.51. The van der Waals surface area contributed by atoms with Crippen LogP contribution in [0.4, 0.5) is 0 Å². The summed E-state index contributed by atoms with van der Waals surface area (Å²) in [6.45, 7) is 1.36. The first-order valence-corrected chi connectivity index (χ1v) is 10.6. The molecule has 1 amide bonds. The van der Waals surface area contributed by atoms with E-state index in [1.165, 1.54) is 12.0 Å². The lowest BCUT2D eigenvalue weighted by Gasteiger charge is -2.35. The number of carbonyl (C=O) groups is 1. The molecular weight excluding hydrogens is 384 g/mol. The van der Waals surface area contributed by atoms with Crippen LogP contribution < -0.4 is 0 Å². The van der Waals surface area contributed by atoms with Crippen LogP contribution in [0.5, 0.6) is 0 Å². The minimum Gasteiger partial charge on any atom is -0.334 e. The summed E-state index contributed by atoms with van der Waals surface area (Å²) in [4.78, 5) is 15.1. The molecule has 0 bridgehead atoms. The molecule has 0 saturated carbocycles. The second-order valence-corrected chi connectivity index (χ2v) is 8.04. The van der Waals surface area contributed by atoms with E-state index >= 15 is 0 Å². The van der Waals surface area contributed by atoms with Crippen molar-refractivity contribution in [3.63, 3.8) is 0 Å². The van der Waals surface area contributed by atoms with Crippen LogP contribution >= 0.6 is 11.6 Å². The Kier molecular flexibility index (Phi) is 6.25. The van der Waals surface area contributed by atoms with E-state index in [0.29, 0.717) is 17.3 Å². The number of aromatic nitrogens is 3. The fourth-order valence-electron chi connectivity index (χ4n) is 3.94. The number of hydrogen-bond donors (Lipinski definition) is 0. The van der Waals surface area contributed by atoms with Gasteiger partial charge in [-0.05, 0) is 55.4 Å². The average Bonchev–Trinajstić information content (AvgIpc) is 3.23. The van der Waals surface area contributed by atoms with Crippen LogP contribution in [0.15, 0.2) is 60.8 Å². The highest BCUT2D eigenvalue weighted by Crippen LogP contribution is 2.23. The topological polar surface area (TPSA) is 51.0 Å². The Morgan fingerprint density at radius 3 is 2.62 bits per heavy atom. The van der Waals surface area contributed by atoms with E-state index < -0.39 is 0 Å². The van der Waals surface area contributed by atoms with Crippen LogP contribution in [0, 0.1) is 0 Å². The fraction of sp³-hybridized carbons (Fsp3) is 0.348. The van der Waals surface area contributed by atoms with E-state index in [2.05, 4.69) is 34.6 Å². The van der Waals surface area contributed by atoms with Gasteiger partial charge in [0, 0.05) is 17.6 Å². The SMILES string of the molecule is O=C(c1cn(Cc2ccc(Cl)cc2)nn1)N1CCCC[C@@H]1CCc1ccccc1. The molecule has 0 unspecified atom stereocenters. The largest absolute Gasteiger partial charge is 0.334 e. The standard InChI is InChI=1S/C23H25ClN4O/c24-20-12-9-19(10-13-20)16-27-17-22(25-26-27)23(29)28-15-5-4-8-21(28)14-11-18-6-2-1-3-7-18/h1-3,6-7,9-10,12-13,17,21H,4-5,8,11,14-16H2/t21-/m1/s1. The van der Waals surface area contributed by atoms with E-state index in [9.17, 15) is 4.79 Å². The van der Waals surface area contributed by atoms with Gasteiger partial charge in [0.2, 0.25) is 0 Å². The first kappa shape index (κ1) is 19.6. The average molecular weight is 409 g/mol. The van der Waals surface area contributed by atoms with Crippen molar-refractivity contribution in [1.29, 1.82) is 0 Å². The van der Waals surface area contributed by atoms with E-state index in [0.717, 1.165) is 37.8 Å². The summed E-state index contributed by atoms with van der Waals surface area (Å²) in [5, 5.41) is 9.01. The third kappa shape index (κ3) is 5.04. The molecule has 150 valence electrons. The zero-order valence-corrected chi connectivity index (χ0v) is 17.1. The lowest BCUT2D eigenvalue weighted by molar-refractivity contribution is 0.0595. The zero-order valence-electron chi connectivity index (χ0n) is 16.4. The molecule has 1 fully saturated rings. The molecule has 5 nitrogen and oxygen atoms in total. The quantitative estimate of drug-likeness (QED) is 0.598. The highest BCUT2D eigenvalue weighted by molar-refractivity contribution is 6.30. The van der Waals surface area contributed by atoms with Gasteiger partial charge in [-0.25, -0.2) is 4.68 Å². The molecule has 1 aliphatic rings. The summed E-state index contributed by atoms with van der Waals surface area (Å²) in [5.41, 5.74) is 2.81. The van der Waals surface area contributed by atoms with E-state index in [1.807, 2.05) is 35.2 Å². The van der Waals surface area contributed by atoms with Crippen LogP contribution in [-0.4, -0.2) is 38.4 Å². The number of rotatable bonds is 6. The summed E-state index contributed by atoms with van der Waals surface area (Å²) in [6.07, 6.45) is 6.99. The summed E-state index contributed by atoms with van der Waals surface area (Å²) >= 11 is 5.94. The van der Waals surface area contributed by atoms with Crippen molar-refractivity contribution >= 4 is 17.5 Å². The van der Waals surface area contributed by atoms with Crippen molar-refractivity contribution in [2.24, 2.45) is 0 Å². The Bertz CT molecular complexity index is 939. The van der Waals surface area contributed by atoms with Crippen LogP contribution in [0.25, 0.3) is 0 Å². The molecule has 3 aromatic rings. The van der Waals surface area contributed by atoms with Crippen molar-refractivity contribution in [3.05, 3.63) is 82.6 Å². The second kappa shape index (κ2) is 9.23. The predicted molar refractivity (Wildman–Crippen MR) is 114 cm³/mol. The van der Waals surface area contributed by atoms with Gasteiger partial charge in [-0.3, -0.25) is 4.79 Å². The number of benzene rings is 2. The van der Waals surface area contributed by atoms with Gasteiger partial charge < -0.3 is 4.90 Å². The summed E-state index contributed by atoms with van der Waals surface area (Å²) in [7, 11) is 0. The van der Waals surface area contributed by atoms with Gasteiger partial charge in [0.25, 0.3) is 5.91 Å². The Labute approximate surface area is 176 Å². The van der Waals surface area contributed by atoms with Gasteiger partial charge in [0.15, 0.2) is 5.69 Å². The van der Waals surface area contributed by atoms with Crippen LogP contribution in [0.3, 0.4) is 0 Å². The normalized spacial score (nSPS) is 16.7. The van der Waals surface area contributed by atoms with E-state index in [4.69, 9.17) is 11.6 Å². The maximum absolute atomic E-state index is 13.1. The molecule has 4 rings (SSSR count). The molecule has 0 N–H and O–H groups in total. The van der Waals surface area contributed by atoms with Gasteiger partial charge in [-0.1, -0.05) is 59.3 Å². The molecule has 6 heteroatoms. The van der Waals surface area contributed by atoms with Gasteiger partial charge in [0.1, 0.15) is 0 Å². The minimum atomic E-state index is -0.00915. The second-order valence-electron chi connectivity index (χ2n) is 7.60. The molecule has 1 saturated heterocycles. The lowest BCUT2D eigenvalue weighted by atomic mass is 9.95. The Balaban J connectivity index is 1.41. The molecule has 2 heterocycles. The maximum atomic E-state index is 13.1. The maximum Gasteiger partial charge on any atom is 0.276 e. The first-order valence-electron chi connectivity index (χ1n) is 10.2. The Hall–Kier alpha value is -2.66. The number of aryl methyl sites for hydroxylation is 1. The summed E-state index contributed by atoms with van der Waals surface area (Å²) < 4.78 is 1.71. The van der Waals surface area contributed by atoms with Crippen molar-refractivity contribution in [1.82, 2.24) is 19.9 Å². The van der Waals surface area contributed by atoms with Gasteiger partial charge in [-0.15, -0.1) is 5.10 Å². The number of likely N-dealkylation sites (tertiary alicyclic amines) is 1. The molecule has 0 aliphatic carbocycles. The molecular formula is C23H25ClN4O. The molecule has 0 spiro atoms. The number of piperidine rings is 1. The predicted octanol–water partition coefficient (Wildman–Crippen LogP) is 4.61. The van der Waals surface area contributed by atoms with Crippen molar-refractivity contribution < 1.29 is 4.79 Å². The van der Waals surface area contributed by atoms with Crippen LogP contribution in [0.2, 0.25) is 5.02 Å². The van der Waals surface area contributed by atoms with Crippen molar-refractivity contribution in [3.8, 4) is 0 Å². The minimum absolute atomic E-state index is 0.00915. The summed E-state index contributed by atoms with van der Waals surface area (Å²) in [5.74, 6) is -0.00915. The van der Waals surface area contributed by atoms with E-state index in [1.54, 1.807) is 10.9 Å². The molecule has 1 aromatic heterocycles. The zero-order chi connectivity index (χ0) is 20.1. The first-order chi connectivity index (χ1) is 14.2. The Morgan fingerprint density at radius 2 is 1.83 bits per heavy atom. The number of hydrogen-bond acceptors (Lipinski definition) is 3. The summed E-state index contributed by atoms with van der Waals surface area (Å²) in [6, 6.07) is 18.3. The highest BCUT2D eigenvalue weighted by atomic mass is 35.5. The molecule has 1 aliphatic heterocycles. The lowest BCUT2D eigenvalue weighted by Crippen LogP contribution is -2.44. The third-order valence-corrected chi connectivity index (χ3v) is 5.76.